The van der Waals surface area contributed by atoms with Gasteiger partial charge in [-0.3, -0.25) is 19.1 Å². The highest BCUT2D eigenvalue weighted by Crippen LogP contribution is 2.28. The number of fused-ring (bicyclic) bond motifs is 1. The summed E-state index contributed by atoms with van der Waals surface area (Å²) >= 11 is 0. The summed E-state index contributed by atoms with van der Waals surface area (Å²) in [7, 11) is 0. The summed E-state index contributed by atoms with van der Waals surface area (Å²) in [6, 6.07) is 9.33. The largest absolute Gasteiger partial charge is 0.365 e. The van der Waals surface area contributed by atoms with E-state index in [0.717, 1.165) is 0 Å². The normalized spacial score (nSPS) is 10.9. The van der Waals surface area contributed by atoms with Crippen molar-refractivity contribution in [2.24, 2.45) is 5.73 Å². The highest BCUT2D eigenvalue weighted by Gasteiger charge is 2.21. The molecule has 28 heavy (non-hydrogen) atoms. The van der Waals surface area contributed by atoms with Gasteiger partial charge in [0.2, 0.25) is 0 Å². The number of benzene rings is 1. The van der Waals surface area contributed by atoms with Crippen molar-refractivity contribution in [3.05, 3.63) is 71.4 Å². The number of pyridine rings is 1. The van der Waals surface area contributed by atoms with Crippen LogP contribution in [0.3, 0.4) is 0 Å². The first-order chi connectivity index (χ1) is 13.5. The molecule has 2 N–H and O–H groups in total. The van der Waals surface area contributed by atoms with Crippen molar-refractivity contribution in [1.82, 2.24) is 19.5 Å². The standard InChI is InChI=1S/C20H14FN5O2/c1-11-17(18(22)28)20(25-19(24-11)15-4-2-3-7-23-15)26-9-12(10-27)14-8-13(21)5-6-16(14)26/h2-10H,1H3,(H2,22,28). The maximum atomic E-state index is 13.7. The quantitative estimate of drug-likeness (QED) is 0.553. The number of nitrogens with two attached hydrogens (primary N) is 1. The second kappa shape index (κ2) is 6.66. The third-order valence-electron chi connectivity index (χ3n) is 4.36. The summed E-state index contributed by atoms with van der Waals surface area (Å²) in [6.45, 7) is 1.64. The molecule has 0 unspecified atom stereocenters. The molecule has 3 aromatic heterocycles. The molecule has 0 atom stereocenters. The fraction of sp³-hybridized carbons (Fsp3) is 0.0500. The van der Waals surface area contributed by atoms with Crippen LogP contribution in [0.2, 0.25) is 0 Å². The Hall–Kier alpha value is -3.94. The molecule has 0 saturated heterocycles. The molecule has 1 amide bonds. The van der Waals surface area contributed by atoms with Crippen LogP contribution in [0.15, 0.2) is 48.8 Å². The topological polar surface area (TPSA) is 104 Å². The second-order valence-electron chi connectivity index (χ2n) is 6.14. The summed E-state index contributed by atoms with van der Waals surface area (Å²) in [5, 5.41) is 0.404. The average molecular weight is 375 g/mol. The Morgan fingerprint density at radius 1 is 1.21 bits per heavy atom. The number of aryl methyl sites for hydroxylation is 1. The molecule has 0 radical (unpaired) electrons. The zero-order valence-corrected chi connectivity index (χ0v) is 14.8. The Morgan fingerprint density at radius 2 is 2.04 bits per heavy atom. The van der Waals surface area contributed by atoms with E-state index in [1.807, 2.05) is 0 Å². The van der Waals surface area contributed by atoms with Gasteiger partial charge in [-0.2, -0.15) is 0 Å². The van der Waals surface area contributed by atoms with Gasteiger partial charge in [-0.1, -0.05) is 6.07 Å². The highest BCUT2D eigenvalue weighted by molar-refractivity contribution is 6.01. The summed E-state index contributed by atoms with van der Waals surface area (Å²) in [5.41, 5.74) is 7.34. The van der Waals surface area contributed by atoms with Crippen LogP contribution < -0.4 is 5.73 Å². The van der Waals surface area contributed by atoms with Crippen LogP contribution >= 0.6 is 0 Å². The van der Waals surface area contributed by atoms with Gasteiger partial charge in [0.1, 0.15) is 17.1 Å². The maximum Gasteiger partial charge on any atom is 0.254 e. The fourth-order valence-electron chi connectivity index (χ4n) is 3.13. The van der Waals surface area contributed by atoms with Crippen LogP contribution in [0.4, 0.5) is 4.39 Å². The molecule has 0 saturated carbocycles. The molecule has 0 aliphatic carbocycles. The average Bonchev–Trinajstić information content (AvgIpc) is 3.05. The van der Waals surface area contributed by atoms with Gasteiger partial charge in [0.15, 0.2) is 17.9 Å². The number of hydrogen-bond donors (Lipinski definition) is 1. The van der Waals surface area contributed by atoms with Gasteiger partial charge in [0.25, 0.3) is 5.91 Å². The van der Waals surface area contributed by atoms with Crippen molar-refractivity contribution in [2.45, 2.75) is 6.92 Å². The van der Waals surface area contributed by atoms with Gasteiger partial charge in [-0.15, -0.1) is 0 Å². The lowest BCUT2D eigenvalue weighted by molar-refractivity contribution is 0.0998. The Morgan fingerprint density at radius 3 is 2.71 bits per heavy atom. The Labute approximate surface area is 158 Å². The van der Waals surface area contributed by atoms with Crippen LogP contribution in [0.1, 0.15) is 26.4 Å². The van der Waals surface area contributed by atoms with Gasteiger partial charge < -0.3 is 5.73 Å². The molecule has 0 aliphatic rings. The van der Waals surface area contributed by atoms with Crippen molar-refractivity contribution < 1.29 is 14.0 Å². The van der Waals surface area contributed by atoms with Crippen molar-refractivity contribution in [1.29, 1.82) is 0 Å². The SMILES string of the molecule is Cc1nc(-c2ccccn2)nc(-n2cc(C=O)c3cc(F)ccc32)c1C(N)=O. The van der Waals surface area contributed by atoms with E-state index in [9.17, 15) is 14.0 Å². The Balaban J connectivity index is 2.07. The molecule has 0 bridgehead atoms. The molecule has 7 nitrogen and oxygen atoms in total. The molecule has 4 aromatic rings. The molecule has 1 aromatic carbocycles. The van der Waals surface area contributed by atoms with Crippen LogP contribution in [0, 0.1) is 12.7 Å². The summed E-state index contributed by atoms with van der Waals surface area (Å²) in [6.07, 6.45) is 3.72. The lowest BCUT2D eigenvalue weighted by Crippen LogP contribution is -2.19. The number of halogens is 1. The number of carbonyl (C=O) groups excluding carboxylic acids is 2. The van der Waals surface area contributed by atoms with Crippen molar-refractivity contribution in [3.63, 3.8) is 0 Å². The fourth-order valence-corrected chi connectivity index (χ4v) is 3.13. The van der Waals surface area contributed by atoms with Gasteiger partial charge in [0.05, 0.1) is 11.2 Å². The molecule has 4 rings (SSSR count). The molecular formula is C20H14FN5O2. The Kier molecular flexibility index (Phi) is 4.15. The number of rotatable bonds is 4. The van der Waals surface area contributed by atoms with Crippen LogP contribution in [-0.4, -0.2) is 31.7 Å². The number of hydrogen-bond acceptors (Lipinski definition) is 5. The van der Waals surface area contributed by atoms with Gasteiger partial charge in [0, 0.05) is 23.3 Å². The van der Waals surface area contributed by atoms with E-state index in [4.69, 9.17) is 5.73 Å². The van der Waals surface area contributed by atoms with Crippen molar-refractivity contribution >= 4 is 23.1 Å². The van der Waals surface area contributed by atoms with E-state index in [2.05, 4.69) is 15.0 Å². The van der Waals surface area contributed by atoms with E-state index in [-0.39, 0.29) is 16.9 Å². The molecule has 0 fully saturated rings. The molecule has 3 heterocycles. The van der Waals surface area contributed by atoms with Crippen LogP contribution in [0.25, 0.3) is 28.2 Å². The molecular weight excluding hydrogens is 361 g/mol. The highest BCUT2D eigenvalue weighted by atomic mass is 19.1. The monoisotopic (exact) mass is 375 g/mol. The number of aldehydes is 1. The zero-order chi connectivity index (χ0) is 19.8. The van der Waals surface area contributed by atoms with Crippen LogP contribution in [0.5, 0.6) is 0 Å². The minimum Gasteiger partial charge on any atom is -0.365 e. The predicted molar refractivity (Wildman–Crippen MR) is 101 cm³/mol. The third-order valence-corrected chi connectivity index (χ3v) is 4.36. The Bertz CT molecular complexity index is 1230. The summed E-state index contributed by atoms with van der Waals surface area (Å²) < 4.78 is 15.2. The minimum absolute atomic E-state index is 0.110. The first-order valence-corrected chi connectivity index (χ1v) is 8.35. The zero-order valence-electron chi connectivity index (χ0n) is 14.8. The smallest absolute Gasteiger partial charge is 0.254 e. The van der Waals surface area contributed by atoms with Gasteiger partial charge in [-0.05, 0) is 37.3 Å². The van der Waals surface area contributed by atoms with E-state index < -0.39 is 11.7 Å². The molecule has 8 heteroatoms. The molecule has 0 aliphatic heterocycles. The number of carbonyl (C=O) groups is 2. The lowest BCUT2D eigenvalue weighted by atomic mass is 10.2. The molecule has 0 spiro atoms. The van der Waals surface area contributed by atoms with E-state index in [1.54, 1.807) is 35.9 Å². The van der Waals surface area contributed by atoms with Crippen molar-refractivity contribution in [2.75, 3.05) is 0 Å². The number of amides is 1. The van der Waals surface area contributed by atoms with E-state index in [1.165, 1.54) is 24.4 Å². The van der Waals surface area contributed by atoms with Crippen molar-refractivity contribution in [3.8, 4) is 17.3 Å². The number of aromatic nitrogens is 4. The van der Waals surface area contributed by atoms with E-state index >= 15 is 0 Å². The number of nitrogens with zero attached hydrogens (tertiary/aromatic N) is 4. The maximum absolute atomic E-state index is 13.7. The predicted octanol–water partition coefficient (Wildman–Crippen LogP) is 2.84. The second-order valence-corrected chi connectivity index (χ2v) is 6.14. The van der Waals surface area contributed by atoms with Crippen LogP contribution in [-0.2, 0) is 0 Å². The molecule has 138 valence electrons. The third kappa shape index (κ3) is 2.81. The summed E-state index contributed by atoms with van der Waals surface area (Å²) in [5.74, 6) is -0.687. The van der Waals surface area contributed by atoms with Gasteiger partial charge >= 0.3 is 0 Å². The first-order valence-electron chi connectivity index (χ1n) is 8.35. The summed E-state index contributed by atoms with van der Waals surface area (Å²) in [4.78, 5) is 36.7. The number of primary amides is 1. The van der Waals surface area contributed by atoms with Gasteiger partial charge in [-0.25, -0.2) is 14.4 Å². The first kappa shape index (κ1) is 17.5. The minimum atomic E-state index is -0.711. The van der Waals surface area contributed by atoms with E-state index in [0.29, 0.717) is 34.4 Å². The lowest BCUT2D eigenvalue weighted by Gasteiger charge is -2.13.